The standard InChI is InChI=1S/C20H20N2OS2/c1-3-13-25-20(24)17-18(15-11-9-14(2)10-12-15)21-22(19(17)23)16-7-5-4-6-8-16/h4-12,21H,3,13H2,1-2H3. The maximum atomic E-state index is 13.1. The summed E-state index contributed by atoms with van der Waals surface area (Å²) >= 11 is 7.14. The zero-order chi connectivity index (χ0) is 17.8. The predicted molar refractivity (Wildman–Crippen MR) is 111 cm³/mol. The lowest BCUT2D eigenvalue weighted by Gasteiger charge is -2.04. The molecule has 0 bridgehead atoms. The number of hydrogen-bond acceptors (Lipinski definition) is 3. The fourth-order valence-corrected chi connectivity index (χ4v) is 3.74. The van der Waals surface area contributed by atoms with Crippen LogP contribution in [0.25, 0.3) is 16.9 Å². The van der Waals surface area contributed by atoms with Crippen LogP contribution in [-0.4, -0.2) is 19.7 Å². The molecule has 1 aromatic heterocycles. The van der Waals surface area contributed by atoms with Gasteiger partial charge in [0, 0.05) is 5.56 Å². The van der Waals surface area contributed by atoms with Gasteiger partial charge < -0.3 is 0 Å². The Kier molecular flexibility index (Phi) is 5.56. The maximum Gasteiger partial charge on any atom is 0.281 e. The van der Waals surface area contributed by atoms with E-state index in [1.54, 1.807) is 16.4 Å². The van der Waals surface area contributed by atoms with Crippen molar-refractivity contribution in [2.45, 2.75) is 20.3 Å². The number of nitrogens with zero attached hydrogens (tertiary/aromatic N) is 1. The van der Waals surface area contributed by atoms with Gasteiger partial charge in [-0.1, -0.05) is 67.2 Å². The number of aromatic amines is 1. The van der Waals surface area contributed by atoms with Gasteiger partial charge in [0.15, 0.2) is 0 Å². The first-order chi connectivity index (χ1) is 12.1. The number of para-hydroxylation sites is 1. The molecule has 0 saturated heterocycles. The van der Waals surface area contributed by atoms with E-state index in [0.717, 1.165) is 29.1 Å². The van der Waals surface area contributed by atoms with Gasteiger partial charge in [-0.3, -0.25) is 9.89 Å². The van der Waals surface area contributed by atoms with Crippen LogP contribution in [0.15, 0.2) is 59.4 Å². The van der Waals surface area contributed by atoms with Gasteiger partial charge in [0.25, 0.3) is 5.56 Å². The molecule has 0 saturated carbocycles. The number of thiocarbonyl (C=S) groups is 1. The summed E-state index contributed by atoms with van der Waals surface area (Å²) in [6.45, 7) is 4.15. The number of H-pyrrole nitrogens is 1. The summed E-state index contributed by atoms with van der Waals surface area (Å²) in [5, 5.41) is 3.26. The molecule has 2 aromatic carbocycles. The van der Waals surface area contributed by atoms with E-state index in [1.165, 1.54) is 5.56 Å². The summed E-state index contributed by atoms with van der Waals surface area (Å²) in [5.41, 5.74) is 4.21. The number of aromatic nitrogens is 2. The molecular formula is C20H20N2OS2. The minimum atomic E-state index is -0.102. The number of nitrogens with one attached hydrogen (secondary N) is 1. The summed E-state index contributed by atoms with van der Waals surface area (Å²) in [6.07, 6.45) is 1.02. The highest BCUT2D eigenvalue weighted by atomic mass is 32.2. The van der Waals surface area contributed by atoms with Crippen LogP contribution in [0.1, 0.15) is 24.5 Å². The van der Waals surface area contributed by atoms with Crippen molar-refractivity contribution < 1.29 is 0 Å². The van der Waals surface area contributed by atoms with E-state index < -0.39 is 0 Å². The normalized spacial score (nSPS) is 10.8. The quantitative estimate of drug-likeness (QED) is 0.647. The van der Waals surface area contributed by atoms with Crippen LogP contribution in [0.2, 0.25) is 0 Å². The zero-order valence-electron chi connectivity index (χ0n) is 14.3. The molecule has 1 N–H and O–H groups in total. The Morgan fingerprint density at radius 2 is 1.80 bits per heavy atom. The van der Waals surface area contributed by atoms with Gasteiger partial charge in [0.1, 0.15) is 0 Å². The highest BCUT2D eigenvalue weighted by Gasteiger charge is 2.20. The first kappa shape index (κ1) is 17.7. The van der Waals surface area contributed by atoms with Crippen molar-refractivity contribution in [2.24, 2.45) is 0 Å². The zero-order valence-corrected chi connectivity index (χ0v) is 15.9. The summed E-state index contributed by atoms with van der Waals surface area (Å²) in [7, 11) is 0. The molecule has 0 aliphatic rings. The van der Waals surface area contributed by atoms with Gasteiger partial charge in [0.05, 0.1) is 21.1 Å². The van der Waals surface area contributed by atoms with Crippen LogP contribution >= 0.6 is 24.0 Å². The van der Waals surface area contributed by atoms with E-state index in [4.69, 9.17) is 12.2 Å². The van der Waals surface area contributed by atoms with E-state index in [1.807, 2.05) is 61.5 Å². The molecule has 5 heteroatoms. The van der Waals surface area contributed by atoms with E-state index in [9.17, 15) is 4.79 Å². The van der Waals surface area contributed by atoms with Crippen LogP contribution in [0.4, 0.5) is 0 Å². The van der Waals surface area contributed by atoms with Crippen molar-refractivity contribution in [3.05, 3.63) is 76.1 Å². The highest BCUT2D eigenvalue weighted by Crippen LogP contribution is 2.25. The Bertz CT molecular complexity index is 925. The number of thioether (sulfide) groups is 1. The Morgan fingerprint density at radius 3 is 2.44 bits per heavy atom. The molecule has 0 spiro atoms. The summed E-state index contributed by atoms with van der Waals surface area (Å²) < 4.78 is 2.22. The van der Waals surface area contributed by atoms with Gasteiger partial charge in [-0.05, 0) is 31.2 Å². The summed E-state index contributed by atoms with van der Waals surface area (Å²) in [4.78, 5) is 13.1. The minimum absolute atomic E-state index is 0.102. The molecule has 0 aliphatic carbocycles. The van der Waals surface area contributed by atoms with Crippen molar-refractivity contribution in [1.82, 2.24) is 9.78 Å². The topological polar surface area (TPSA) is 37.8 Å². The van der Waals surface area contributed by atoms with E-state index in [-0.39, 0.29) is 5.56 Å². The molecular weight excluding hydrogens is 348 g/mol. The van der Waals surface area contributed by atoms with Crippen LogP contribution in [0.3, 0.4) is 0 Å². The van der Waals surface area contributed by atoms with Gasteiger partial charge in [0.2, 0.25) is 0 Å². The molecule has 0 atom stereocenters. The van der Waals surface area contributed by atoms with Crippen molar-refractivity contribution in [1.29, 1.82) is 0 Å². The SMILES string of the molecule is CCCSC(=S)c1c(-c2ccc(C)cc2)[nH]n(-c2ccccc2)c1=O. The fourth-order valence-electron chi connectivity index (χ4n) is 2.58. The largest absolute Gasteiger partial charge is 0.290 e. The van der Waals surface area contributed by atoms with Gasteiger partial charge in [-0.25, -0.2) is 4.68 Å². The number of aryl methyl sites for hydroxylation is 1. The molecule has 0 radical (unpaired) electrons. The third-order valence-corrected chi connectivity index (χ3v) is 5.52. The molecule has 25 heavy (non-hydrogen) atoms. The van der Waals surface area contributed by atoms with Crippen LogP contribution in [0.5, 0.6) is 0 Å². The van der Waals surface area contributed by atoms with Crippen molar-refractivity contribution in [3.8, 4) is 16.9 Å². The lowest BCUT2D eigenvalue weighted by atomic mass is 10.1. The summed E-state index contributed by atoms with van der Waals surface area (Å²) in [5.74, 6) is 0.905. The highest BCUT2D eigenvalue weighted by molar-refractivity contribution is 8.23. The summed E-state index contributed by atoms with van der Waals surface area (Å²) in [6, 6.07) is 17.7. The number of hydrogen-bond donors (Lipinski definition) is 1. The van der Waals surface area contributed by atoms with Crippen molar-refractivity contribution in [3.63, 3.8) is 0 Å². The Hall–Kier alpha value is -2.11. The average Bonchev–Trinajstić information content (AvgIpc) is 2.98. The molecule has 3 aromatic rings. The molecule has 3 nitrogen and oxygen atoms in total. The third-order valence-electron chi connectivity index (χ3n) is 3.89. The lowest BCUT2D eigenvalue weighted by molar-refractivity contribution is 0.852. The first-order valence-corrected chi connectivity index (χ1v) is 9.65. The fraction of sp³-hybridized carbons (Fsp3) is 0.200. The third kappa shape index (κ3) is 3.78. The number of rotatable bonds is 5. The van der Waals surface area contributed by atoms with E-state index >= 15 is 0 Å². The van der Waals surface area contributed by atoms with Gasteiger partial charge >= 0.3 is 0 Å². The monoisotopic (exact) mass is 368 g/mol. The predicted octanol–water partition coefficient (Wildman–Crippen LogP) is 4.96. The Morgan fingerprint density at radius 1 is 1.12 bits per heavy atom. The second-order valence-corrected chi connectivity index (χ2v) is 7.61. The molecule has 0 unspecified atom stereocenters. The molecule has 1 heterocycles. The second-order valence-electron chi connectivity index (χ2n) is 5.84. The Labute approximate surface area is 157 Å². The number of benzene rings is 2. The van der Waals surface area contributed by atoms with Crippen LogP contribution < -0.4 is 5.56 Å². The van der Waals surface area contributed by atoms with Gasteiger partial charge in [-0.15, -0.1) is 11.8 Å². The van der Waals surface area contributed by atoms with E-state index in [0.29, 0.717) is 9.76 Å². The average molecular weight is 369 g/mol. The van der Waals surface area contributed by atoms with Crippen molar-refractivity contribution >= 4 is 28.2 Å². The van der Waals surface area contributed by atoms with Crippen molar-refractivity contribution in [2.75, 3.05) is 5.75 Å². The molecule has 0 aliphatic heterocycles. The minimum Gasteiger partial charge on any atom is -0.290 e. The van der Waals surface area contributed by atoms with Crippen LogP contribution in [0, 0.1) is 6.92 Å². The molecule has 0 amide bonds. The van der Waals surface area contributed by atoms with Crippen LogP contribution in [-0.2, 0) is 0 Å². The molecule has 128 valence electrons. The second kappa shape index (κ2) is 7.85. The Balaban J connectivity index is 2.16. The molecule has 3 rings (SSSR count). The van der Waals surface area contributed by atoms with E-state index in [2.05, 4.69) is 12.0 Å². The smallest absolute Gasteiger partial charge is 0.281 e. The maximum absolute atomic E-state index is 13.1. The lowest BCUT2D eigenvalue weighted by Crippen LogP contribution is -2.19. The first-order valence-electron chi connectivity index (χ1n) is 8.26. The van der Waals surface area contributed by atoms with Gasteiger partial charge in [-0.2, -0.15) is 0 Å². The molecule has 0 fully saturated rings.